The first kappa shape index (κ1) is 11.2. The molecule has 2 N–H and O–H groups in total. The predicted octanol–water partition coefficient (Wildman–Crippen LogP) is 1.20. The molecule has 1 aromatic heterocycles. The highest BCUT2D eigenvalue weighted by atomic mass is 16.3. The maximum atomic E-state index is 11.9. The molecule has 0 bridgehead atoms. The summed E-state index contributed by atoms with van der Waals surface area (Å²) in [4.78, 5) is 22.9. The lowest BCUT2D eigenvalue weighted by Gasteiger charge is -2.11. The summed E-state index contributed by atoms with van der Waals surface area (Å²) in [5.41, 5.74) is 0.0965. The number of carbonyl (C=O) groups excluding carboxylic acids is 1. The number of aryl methyl sites for hydroxylation is 1. The molecule has 5 heteroatoms. The molecule has 0 saturated carbocycles. The van der Waals surface area contributed by atoms with Gasteiger partial charge in [0.05, 0.1) is 5.52 Å². The molecule has 0 spiro atoms. The number of fused-ring (bicyclic) bond motifs is 1. The van der Waals surface area contributed by atoms with Crippen LogP contribution in [0.1, 0.15) is 6.92 Å². The monoisotopic (exact) mass is 232 g/mol. The molecule has 1 amide bonds. The Bertz CT molecular complexity index is 659. The van der Waals surface area contributed by atoms with E-state index >= 15 is 0 Å². The Hall–Kier alpha value is -2.30. The van der Waals surface area contributed by atoms with Crippen LogP contribution in [-0.2, 0) is 11.8 Å². The quantitative estimate of drug-likeness (QED) is 0.776. The van der Waals surface area contributed by atoms with Crippen LogP contribution in [-0.4, -0.2) is 15.6 Å². The maximum absolute atomic E-state index is 11.9. The third-order valence-corrected chi connectivity index (χ3v) is 2.58. The molecular formula is C12H12N2O3. The van der Waals surface area contributed by atoms with E-state index in [1.165, 1.54) is 11.5 Å². The number of aromatic nitrogens is 1. The van der Waals surface area contributed by atoms with E-state index in [0.29, 0.717) is 10.9 Å². The third-order valence-electron chi connectivity index (χ3n) is 2.58. The number of pyridine rings is 1. The van der Waals surface area contributed by atoms with Crippen LogP contribution in [0.25, 0.3) is 10.9 Å². The SMILES string of the molecule is CC(=O)Nc1c(O)c2ccccc2n(C)c1=O. The molecule has 0 atom stereocenters. The van der Waals surface area contributed by atoms with Crippen LogP contribution in [0.3, 0.4) is 0 Å². The molecule has 2 rings (SSSR count). The first-order chi connectivity index (χ1) is 8.02. The summed E-state index contributed by atoms with van der Waals surface area (Å²) in [6.45, 7) is 1.29. The van der Waals surface area contributed by atoms with E-state index in [4.69, 9.17) is 0 Å². The van der Waals surface area contributed by atoms with Gasteiger partial charge in [-0.1, -0.05) is 12.1 Å². The normalized spacial score (nSPS) is 10.5. The van der Waals surface area contributed by atoms with Crippen molar-refractivity contribution in [3.05, 3.63) is 34.6 Å². The lowest BCUT2D eigenvalue weighted by molar-refractivity contribution is -0.114. The van der Waals surface area contributed by atoms with Crippen molar-refractivity contribution in [3.63, 3.8) is 0 Å². The van der Waals surface area contributed by atoms with Crippen molar-refractivity contribution in [2.75, 3.05) is 5.32 Å². The Morgan fingerprint density at radius 1 is 1.35 bits per heavy atom. The van der Waals surface area contributed by atoms with E-state index in [2.05, 4.69) is 5.32 Å². The molecule has 1 aromatic carbocycles. The molecule has 88 valence electrons. The second-order valence-electron chi connectivity index (χ2n) is 3.79. The van der Waals surface area contributed by atoms with Gasteiger partial charge in [0.2, 0.25) is 5.91 Å². The molecule has 0 aliphatic heterocycles. The van der Waals surface area contributed by atoms with E-state index in [1.807, 2.05) is 0 Å². The fourth-order valence-electron chi connectivity index (χ4n) is 1.77. The molecule has 0 fully saturated rings. The van der Waals surface area contributed by atoms with Crippen molar-refractivity contribution in [2.45, 2.75) is 6.92 Å². The summed E-state index contributed by atoms with van der Waals surface area (Å²) in [6.07, 6.45) is 0. The fraction of sp³-hybridized carbons (Fsp3) is 0.167. The van der Waals surface area contributed by atoms with Gasteiger partial charge in [-0.3, -0.25) is 9.59 Å². The molecule has 2 aromatic rings. The first-order valence-electron chi connectivity index (χ1n) is 5.10. The summed E-state index contributed by atoms with van der Waals surface area (Å²) in [6, 6.07) is 6.95. The number of hydrogen-bond acceptors (Lipinski definition) is 3. The van der Waals surface area contributed by atoms with E-state index in [-0.39, 0.29) is 11.4 Å². The van der Waals surface area contributed by atoms with Gasteiger partial charge in [-0.05, 0) is 12.1 Å². The average Bonchev–Trinajstić information content (AvgIpc) is 2.31. The van der Waals surface area contributed by atoms with E-state index in [0.717, 1.165) is 0 Å². The van der Waals surface area contributed by atoms with Gasteiger partial charge in [0, 0.05) is 19.4 Å². The molecule has 1 heterocycles. The molecule has 5 nitrogen and oxygen atoms in total. The van der Waals surface area contributed by atoms with Gasteiger partial charge >= 0.3 is 0 Å². The summed E-state index contributed by atoms with van der Waals surface area (Å²) in [5.74, 6) is -0.591. The maximum Gasteiger partial charge on any atom is 0.278 e. The molecule has 0 aliphatic rings. The van der Waals surface area contributed by atoms with Crippen LogP contribution in [0.15, 0.2) is 29.1 Å². The number of aromatic hydroxyl groups is 1. The highest BCUT2D eigenvalue weighted by Gasteiger charge is 2.14. The summed E-state index contributed by atoms with van der Waals surface area (Å²) in [5, 5.41) is 12.9. The van der Waals surface area contributed by atoms with Crippen LogP contribution in [0.4, 0.5) is 5.69 Å². The van der Waals surface area contributed by atoms with Crippen molar-refractivity contribution in [2.24, 2.45) is 7.05 Å². The topological polar surface area (TPSA) is 71.3 Å². The minimum atomic E-state index is -0.434. The minimum Gasteiger partial charge on any atom is -0.505 e. The highest BCUT2D eigenvalue weighted by molar-refractivity contribution is 5.96. The van der Waals surface area contributed by atoms with Crippen molar-refractivity contribution < 1.29 is 9.90 Å². The average molecular weight is 232 g/mol. The summed E-state index contributed by atoms with van der Waals surface area (Å²) in [7, 11) is 1.59. The predicted molar refractivity (Wildman–Crippen MR) is 65.2 cm³/mol. The Labute approximate surface area is 97.3 Å². The van der Waals surface area contributed by atoms with Crippen LogP contribution >= 0.6 is 0 Å². The minimum absolute atomic E-state index is 0.0845. The largest absolute Gasteiger partial charge is 0.505 e. The third kappa shape index (κ3) is 1.75. The van der Waals surface area contributed by atoms with Crippen LogP contribution in [0, 0.1) is 0 Å². The lowest BCUT2D eigenvalue weighted by atomic mass is 10.2. The Morgan fingerprint density at radius 2 is 2.00 bits per heavy atom. The fourth-order valence-corrected chi connectivity index (χ4v) is 1.77. The number of hydrogen-bond donors (Lipinski definition) is 2. The number of benzene rings is 1. The van der Waals surface area contributed by atoms with Gasteiger partial charge in [0.1, 0.15) is 0 Å². The summed E-state index contributed by atoms with van der Waals surface area (Å²) >= 11 is 0. The standard InChI is InChI=1S/C12H12N2O3/c1-7(15)13-10-11(16)8-5-3-4-6-9(8)14(2)12(10)17/h3-6,16H,1-2H3,(H,13,15). The van der Waals surface area contributed by atoms with Gasteiger partial charge in [0.15, 0.2) is 11.4 Å². The Morgan fingerprint density at radius 3 is 2.65 bits per heavy atom. The number of amides is 1. The second-order valence-corrected chi connectivity index (χ2v) is 3.79. The van der Waals surface area contributed by atoms with Crippen LogP contribution in [0.5, 0.6) is 5.75 Å². The molecule has 0 unspecified atom stereocenters. The lowest BCUT2D eigenvalue weighted by Crippen LogP contribution is -2.23. The highest BCUT2D eigenvalue weighted by Crippen LogP contribution is 2.28. The van der Waals surface area contributed by atoms with Gasteiger partial charge in [0.25, 0.3) is 5.56 Å². The number of rotatable bonds is 1. The second kappa shape index (κ2) is 3.93. The Kier molecular flexibility index (Phi) is 2.59. The van der Waals surface area contributed by atoms with Crippen molar-refractivity contribution >= 4 is 22.5 Å². The zero-order valence-corrected chi connectivity index (χ0v) is 9.52. The van der Waals surface area contributed by atoms with Crippen molar-refractivity contribution in [1.82, 2.24) is 4.57 Å². The van der Waals surface area contributed by atoms with E-state index < -0.39 is 11.5 Å². The molecule has 0 saturated heterocycles. The van der Waals surface area contributed by atoms with Gasteiger partial charge in [-0.2, -0.15) is 0 Å². The number of carbonyl (C=O) groups is 1. The number of nitrogens with zero attached hydrogens (tertiary/aromatic N) is 1. The van der Waals surface area contributed by atoms with Gasteiger partial charge in [-0.25, -0.2) is 0 Å². The van der Waals surface area contributed by atoms with Crippen molar-refractivity contribution in [1.29, 1.82) is 0 Å². The van der Waals surface area contributed by atoms with Crippen LogP contribution in [0.2, 0.25) is 0 Å². The van der Waals surface area contributed by atoms with E-state index in [9.17, 15) is 14.7 Å². The van der Waals surface area contributed by atoms with Crippen molar-refractivity contribution in [3.8, 4) is 5.75 Å². The molecule has 0 radical (unpaired) electrons. The van der Waals surface area contributed by atoms with Gasteiger partial charge < -0.3 is 15.0 Å². The summed E-state index contributed by atoms with van der Waals surface area (Å²) < 4.78 is 1.39. The smallest absolute Gasteiger partial charge is 0.278 e. The van der Waals surface area contributed by atoms with E-state index in [1.54, 1.807) is 31.3 Å². The number of para-hydroxylation sites is 1. The molecule has 0 aliphatic carbocycles. The first-order valence-corrected chi connectivity index (χ1v) is 5.10. The number of anilines is 1. The van der Waals surface area contributed by atoms with Gasteiger partial charge in [-0.15, -0.1) is 0 Å². The Balaban J connectivity index is 2.86. The zero-order valence-electron chi connectivity index (χ0n) is 9.52. The zero-order chi connectivity index (χ0) is 12.6. The molecule has 17 heavy (non-hydrogen) atoms. The molecular weight excluding hydrogens is 220 g/mol. The number of nitrogens with one attached hydrogen (secondary N) is 1. The van der Waals surface area contributed by atoms with Crippen LogP contribution < -0.4 is 10.9 Å².